The Balaban J connectivity index is 2.32. The zero-order valence-electron chi connectivity index (χ0n) is 12.7. The van der Waals surface area contributed by atoms with Crippen molar-refractivity contribution in [3.8, 4) is 0 Å². The lowest BCUT2D eigenvalue weighted by Crippen LogP contribution is -2.26. The highest BCUT2D eigenvalue weighted by molar-refractivity contribution is 6.31. The van der Waals surface area contributed by atoms with Crippen LogP contribution in [-0.2, 0) is 20.5 Å². The first kappa shape index (κ1) is 15.1. The topological polar surface area (TPSA) is 47.7 Å². The number of nitrogens with one attached hydrogen (secondary N) is 1. The maximum Gasteiger partial charge on any atom is 0.0847 e. The van der Waals surface area contributed by atoms with Crippen molar-refractivity contribution in [2.75, 3.05) is 6.54 Å². The molecule has 0 amide bonds. The predicted molar refractivity (Wildman–Crippen MR) is 81.0 cm³/mol. The normalized spacial score (nSPS) is 12.9. The van der Waals surface area contributed by atoms with Gasteiger partial charge in [0.15, 0.2) is 0 Å². The Morgan fingerprint density at radius 2 is 1.95 bits per heavy atom. The van der Waals surface area contributed by atoms with Crippen molar-refractivity contribution in [1.29, 1.82) is 0 Å². The van der Waals surface area contributed by atoms with E-state index in [0.717, 1.165) is 35.1 Å². The summed E-state index contributed by atoms with van der Waals surface area (Å²) in [4.78, 5) is 0. The van der Waals surface area contributed by atoms with Crippen molar-refractivity contribution in [3.63, 3.8) is 0 Å². The van der Waals surface area contributed by atoms with Crippen LogP contribution in [0.5, 0.6) is 0 Å². The fraction of sp³-hybridized carbons (Fsp3) is 0.571. The van der Waals surface area contributed by atoms with Gasteiger partial charge in [-0.3, -0.25) is 9.36 Å². The number of likely N-dealkylation sites (N-methyl/N-ethyl adjacent to an activating group) is 1. The molecule has 0 saturated heterocycles. The van der Waals surface area contributed by atoms with Gasteiger partial charge in [-0.1, -0.05) is 18.5 Å². The largest absolute Gasteiger partial charge is 0.309 e. The summed E-state index contributed by atoms with van der Waals surface area (Å²) >= 11 is 6.36. The average Bonchev–Trinajstić information content (AvgIpc) is 2.82. The summed E-state index contributed by atoms with van der Waals surface area (Å²) in [6.07, 6.45) is 0.795. The predicted octanol–water partition coefficient (Wildman–Crippen LogP) is 2.32. The second-order valence-corrected chi connectivity index (χ2v) is 5.50. The van der Waals surface area contributed by atoms with E-state index in [2.05, 4.69) is 28.5 Å². The van der Waals surface area contributed by atoms with E-state index in [1.54, 1.807) is 0 Å². The van der Waals surface area contributed by atoms with Crippen molar-refractivity contribution < 1.29 is 0 Å². The van der Waals surface area contributed by atoms with Gasteiger partial charge in [-0.2, -0.15) is 10.2 Å². The molecule has 0 radical (unpaired) electrons. The lowest BCUT2D eigenvalue weighted by molar-refractivity contribution is 0.493. The minimum Gasteiger partial charge on any atom is -0.309 e. The van der Waals surface area contributed by atoms with E-state index in [0.29, 0.717) is 0 Å². The lowest BCUT2D eigenvalue weighted by atomic mass is 10.1. The lowest BCUT2D eigenvalue weighted by Gasteiger charge is -2.18. The van der Waals surface area contributed by atoms with Crippen LogP contribution in [0.25, 0.3) is 0 Å². The van der Waals surface area contributed by atoms with Crippen LogP contribution in [0.15, 0.2) is 6.07 Å². The number of nitrogens with zero attached hydrogens (tertiary/aromatic N) is 4. The van der Waals surface area contributed by atoms with E-state index in [-0.39, 0.29) is 6.04 Å². The summed E-state index contributed by atoms with van der Waals surface area (Å²) in [5.74, 6) is 0. The third-order valence-corrected chi connectivity index (χ3v) is 4.00. The maximum atomic E-state index is 6.36. The molecule has 6 heteroatoms. The SMILES string of the molecule is CCNC(Cc1c(Cl)c(C)nn1C)c1cc(C)nn1C. The summed E-state index contributed by atoms with van der Waals surface area (Å²) in [5.41, 5.74) is 4.12. The monoisotopic (exact) mass is 295 g/mol. The van der Waals surface area contributed by atoms with E-state index in [1.165, 1.54) is 5.69 Å². The van der Waals surface area contributed by atoms with Crippen LogP contribution in [0.1, 0.15) is 35.7 Å². The highest BCUT2D eigenvalue weighted by Crippen LogP contribution is 2.25. The molecule has 1 atom stereocenters. The van der Waals surface area contributed by atoms with Gasteiger partial charge in [0.2, 0.25) is 0 Å². The molecule has 2 rings (SSSR count). The number of hydrogen-bond donors (Lipinski definition) is 1. The van der Waals surface area contributed by atoms with Crippen LogP contribution in [0.4, 0.5) is 0 Å². The third kappa shape index (κ3) is 2.88. The Bertz CT molecular complexity index is 599. The fourth-order valence-electron chi connectivity index (χ4n) is 2.58. The zero-order valence-corrected chi connectivity index (χ0v) is 13.5. The van der Waals surface area contributed by atoms with Gasteiger partial charge < -0.3 is 5.32 Å². The van der Waals surface area contributed by atoms with E-state index in [1.807, 2.05) is 37.3 Å². The van der Waals surface area contributed by atoms with Crippen molar-refractivity contribution in [3.05, 3.63) is 33.9 Å². The van der Waals surface area contributed by atoms with Crippen LogP contribution in [0.2, 0.25) is 5.02 Å². The van der Waals surface area contributed by atoms with Crippen molar-refractivity contribution >= 4 is 11.6 Å². The molecule has 0 aliphatic rings. The fourth-order valence-corrected chi connectivity index (χ4v) is 2.82. The third-order valence-electron chi connectivity index (χ3n) is 3.50. The Hall–Kier alpha value is -1.33. The molecular formula is C14H22ClN5. The molecule has 0 fully saturated rings. The van der Waals surface area contributed by atoms with E-state index in [9.17, 15) is 0 Å². The number of hydrogen-bond acceptors (Lipinski definition) is 3. The first-order valence-corrected chi connectivity index (χ1v) is 7.23. The molecule has 0 aromatic carbocycles. The Labute approximate surface area is 124 Å². The molecular weight excluding hydrogens is 274 g/mol. The zero-order chi connectivity index (χ0) is 14.9. The number of rotatable bonds is 5. The van der Waals surface area contributed by atoms with Gasteiger partial charge in [0.1, 0.15) is 0 Å². The number of aryl methyl sites for hydroxylation is 4. The van der Waals surface area contributed by atoms with Gasteiger partial charge in [-0.15, -0.1) is 0 Å². The molecule has 110 valence electrons. The maximum absolute atomic E-state index is 6.36. The van der Waals surface area contributed by atoms with Crippen LogP contribution >= 0.6 is 11.6 Å². The number of halogens is 1. The van der Waals surface area contributed by atoms with Crippen LogP contribution < -0.4 is 5.32 Å². The van der Waals surface area contributed by atoms with E-state index >= 15 is 0 Å². The molecule has 2 aromatic heterocycles. The van der Waals surface area contributed by atoms with E-state index in [4.69, 9.17) is 11.6 Å². The minimum absolute atomic E-state index is 0.179. The molecule has 0 aliphatic heterocycles. The summed E-state index contributed by atoms with van der Waals surface area (Å²) in [6.45, 7) is 6.94. The molecule has 0 saturated carbocycles. The van der Waals surface area contributed by atoms with Gasteiger partial charge in [0, 0.05) is 20.5 Å². The smallest absolute Gasteiger partial charge is 0.0847 e. The van der Waals surface area contributed by atoms with Crippen LogP contribution in [-0.4, -0.2) is 26.1 Å². The second-order valence-electron chi connectivity index (χ2n) is 5.12. The van der Waals surface area contributed by atoms with Gasteiger partial charge in [0.05, 0.1) is 33.8 Å². The average molecular weight is 296 g/mol. The van der Waals surface area contributed by atoms with Crippen molar-refractivity contribution in [2.45, 2.75) is 33.2 Å². The first-order valence-electron chi connectivity index (χ1n) is 6.85. The number of aromatic nitrogens is 4. The summed E-state index contributed by atoms with van der Waals surface area (Å²) < 4.78 is 3.80. The van der Waals surface area contributed by atoms with Gasteiger partial charge in [0.25, 0.3) is 0 Å². The molecule has 0 spiro atoms. The molecule has 0 aliphatic carbocycles. The Morgan fingerprint density at radius 1 is 1.25 bits per heavy atom. The van der Waals surface area contributed by atoms with Crippen LogP contribution in [0, 0.1) is 13.8 Å². The molecule has 1 N–H and O–H groups in total. The Kier molecular flexibility index (Phi) is 4.50. The van der Waals surface area contributed by atoms with Gasteiger partial charge in [-0.25, -0.2) is 0 Å². The molecule has 20 heavy (non-hydrogen) atoms. The first-order chi connectivity index (χ1) is 9.43. The highest BCUT2D eigenvalue weighted by atomic mass is 35.5. The summed E-state index contributed by atoms with van der Waals surface area (Å²) in [5, 5.41) is 13.1. The minimum atomic E-state index is 0.179. The summed E-state index contributed by atoms with van der Waals surface area (Å²) in [7, 11) is 3.91. The van der Waals surface area contributed by atoms with E-state index < -0.39 is 0 Å². The molecule has 0 bridgehead atoms. The highest BCUT2D eigenvalue weighted by Gasteiger charge is 2.20. The standard InChI is InChI=1S/C14H22ClN5/c1-6-16-11(12-7-9(2)17-19(12)4)8-13-14(15)10(3)18-20(13)5/h7,11,16H,6,8H2,1-5H3. The summed E-state index contributed by atoms with van der Waals surface area (Å²) in [6, 6.07) is 2.29. The molecule has 1 unspecified atom stereocenters. The van der Waals surface area contributed by atoms with Crippen LogP contribution in [0.3, 0.4) is 0 Å². The molecule has 5 nitrogen and oxygen atoms in total. The van der Waals surface area contributed by atoms with Gasteiger partial charge in [-0.05, 0) is 26.5 Å². The molecule has 2 aromatic rings. The molecule has 2 heterocycles. The van der Waals surface area contributed by atoms with Crippen molar-refractivity contribution in [2.24, 2.45) is 14.1 Å². The Morgan fingerprint density at radius 3 is 2.40 bits per heavy atom. The van der Waals surface area contributed by atoms with Crippen molar-refractivity contribution in [1.82, 2.24) is 24.9 Å². The second kappa shape index (κ2) is 5.97. The quantitative estimate of drug-likeness (QED) is 0.921. The van der Waals surface area contributed by atoms with Gasteiger partial charge >= 0.3 is 0 Å².